The van der Waals surface area contributed by atoms with Crippen LogP contribution in [0.2, 0.25) is 0 Å². The Morgan fingerprint density at radius 1 is 1.47 bits per heavy atom. The number of hydrogen-bond acceptors (Lipinski definition) is 3. The molecule has 1 amide bonds. The van der Waals surface area contributed by atoms with Gasteiger partial charge in [-0.2, -0.15) is 0 Å². The molecule has 0 bridgehead atoms. The predicted octanol–water partition coefficient (Wildman–Crippen LogP) is 1.67. The first-order valence-corrected chi connectivity index (χ1v) is 4.48. The third-order valence-corrected chi connectivity index (χ3v) is 1.90. The second-order valence-corrected chi connectivity index (χ2v) is 3.09. The normalized spacial score (nSPS) is 9.93. The van der Waals surface area contributed by atoms with Gasteiger partial charge in [0, 0.05) is 18.1 Å². The van der Waals surface area contributed by atoms with Crippen molar-refractivity contribution in [2.45, 2.75) is 6.92 Å². The van der Waals surface area contributed by atoms with Crippen molar-refractivity contribution in [2.24, 2.45) is 0 Å². The number of pyridine rings is 1. The number of imidazole rings is 1. The van der Waals surface area contributed by atoms with E-state index >= 15 is 0 Å². The zero-order valence-electron chi connectivity index (χ0n) is 8.21. The lowest BCUT2D eigenvalue weighted by Crippen LogP contribution is -2.17. The summed E-state index contributed by atoms with van der Waals surface area (Å²) in [5, 5.41) is 2.69. The Hall–Kier alpha value is -2.17. The molecule has 0 aliphatic carbocycles. The number of carbonyl (C=O) groups is 1. The van der Waals surface area contributed by atoms with Crippen LogP contribution in [-0.4, -0.2) is 20.6 Å². The van der Waals surface area contributed by atoms with E-state index in [2.05, 4.69) is 15.3 Å². The van der Waals surface area contributed by atoms with Crippen LogP contribution < -0.4 is 5.32 Å². The lowest BCUT2D eigenvalue weighted by atomic mass is 10.3. The second kappa shape index (κ2) is 3.91. The Bertz CT molecular complexity index is 447. The zero-order chi connectivity index (χ0) is 10.7. The van der Waals surface area contributed by atoms with Gasteiger partial charge in [-0.25, -0.2) is 9.78 Å². The Labute approximate surface area is 86.8 Å². The number of amides is 1. The highest BCUT2D eigenvalue weighted by Crippen LogP contribution is 2.05. The highest BCUT2D eigenvalue weighted by Gasteiger charge is 2.03. The molecule has 2 aromatic heterocycles. The van der Waals surface area contributed by atoms with Crippen LogP contribution in [0.25, 0.3) is 0 Å². The van der Waals surface area contributed by atoms with E-state index in [1.807, 2.05) is 13.0 Å². The minimum absolute atomic E-state index is 0.252. The highest BCUT2D eigenvalue weighted by molar-refractivity contribution is 5.90. The summed E-state index contributed by atoms with van der Waals surface area (Å²) >= 11 is 0. The number of carbonyl (C=O) groups excluding carboxylic acids is 1. The molecule has 0 saturated heterocycles. The molecule has 76 valence electrons. The van der Waals surface area contributed by atoms with E-state index < -0.39 is 0 Å². The van der Waals surface area contributed by atoms with Gasteiger partial charge < -0.3 is 5.32 Å². The van der Waals surface area contributed by atoms with Gasteiger partial charge in [0.2, 0.25) is 0 Å². The molecule has 0 atom stereocenters. The molecule has 0 aliphatic rings. The molecule has 0 unspecified atom stereocenters. The molecular weight excluding hydrogens is 192 g/mol. The fourth-order valence-corrected chi connectivity index (χ4v) is 1.11. The van der Waals surface area contributed by atoms with E-state index in [1.165, 1.54) is 10.9 Å². The number of rotatable bonds is 1. The fraction of sp³-hybridized carbons (Fsp3) is 0.100. The van der Waals surface area contributed by atoms with Crippen LogP contribution in [-0.2, 0) is 0 Å². The maximum Gasteiger partial charge on any atom is 0.331 e. The summed E-state index contributed by atoms with van der Waals surface area (Å²) in [7, 11) is 0. The van der Waals surface area contributed by atoms with Crippen LogP contribution in [0.4, 0.5) is 10.5 Å². The number of aromatic nitrogens is 3. The Morgan fingerprint density at radius 2 is 2.33 bits per heavy atom. The van der Waals surface area contributed by atoms with Crippen molar-refractivity contribution in [3.05, 3.63) is 42.7 Å². The maximum absolute atomic E-state index is 11.5. The molecule has 0 spiro atoms. The molecule has 5 heteroatoms. The Balaban J connectivity index is 2.09. The Morgan fingerprint density at radius 3 is 2.93 bits per heavy atom. The topological polar surface area (TPSA) is 59.8 Å². The first-order chi connectivity index (χ1) is 7.25. The van der Waals surface area contributed by atoms with E-state index in [1.54, 1.807) is 24.7 Å². The summed E-state index contributed by atoms with van der Waals surface area (Å²) in [6.45, 7) is 1.89. The molecule has 2 heterocycles. The first kappa shape index (κ1) is 9.39. The number of nitrogens with zero attached hydrogens (tertiary/aromatic N) is 3. The molecule has 1 N–H and O–H groups in total. The monoisotopic (exact) mass is 202 g/mol. The van der Waals surface area contributed by atoms with E-state index in [0.717, 1.165) is 5.69 Å². The lowest BCUT2D eigenvalue weighted by molar-refractivity contribution is 0.253. The van der Waals surface area contributed by atoms with Crippen molar-refractivity contribution in [1.82, 2.24) is 14.5 Å². The van der Waals surface area contributed by atoms with Gasteiger partial charge in [-0.3, -0.25) is 9.55 Å². The van der Waals surface area contributed by atoms with Crippen LogP contribution in [0.15, 0.2) is 37.1 Å². The van der Waals surface area contributed by atoms with Crippen LogP contribution in [0, 0.1) is 6.92 Å². The largest absolute Gasteiger partial charge is 0.331 e. The molecular formula is C10H10N4O. The fourth-order valence-electron chi connectivity index (χ4n) is 1.11. The third-order valence-electron chi connectivity index (χ3n) is 1.90. The van der Waals surface area contributed by atoms with Gasteiger partial charge in [0.25, 0.3) is 0 Å². The van der Waals surface area contributed by atoms with Crippen molar-refractivity contribution in [2.75, 3.05) is 5.32 Å². The molecule has 0 saturated carbocycles. The minimum Gasteiger partial charge on any atom is -0.306 e. The number of anilines is 1. The van der Waals surface area contributed by atoms with Gasteiger partial charge in [-0.1, -0.05) is 0 Å². The van der Waals surface area contributed by atoms with Crippen LogP contribution in [0.5, 0.6) is 0 Å². The van der Waals surface area contributed by atoms with Crippen molar-refractivity contribution in [1.29, 1.82) is 0 Å². The Kier molecular flexibility index (Phi) is 2.45. The minimum atomic E-state index is -0.252. The average molecular weight is 202 g/mol. The molecule has 0 aliphatic heterocycles. The first-order valence-electron chi connectivity index (χ1n) is 4.48. The van der Waals surface area contributed by atoms with Crippen molar-refractivity contribution < 1.29 is 4.79 Å². The lowest BCUT2D eigenvalue weighted by Gasteiger charge is -2.04. The molecule has 15 heavy (non-hydrogen) atoms. The van der Waals surface area contributed by atoms with Crippen LogP contribution >= 0.6 is 0 Å². The number of nitrogens with one attached hydrogen (secondary N) is 1. The van der Waals surface area contributed by atoms with Crippen LogP contribution in [0.3, 0.4) is 0 Å². The van der Waals surface area contributed by atoms with Gasteiger partial charge in [0.05, 0.1) is 11.9 Å². The predicted molar refractivity (Wildman–Crippen MR) is 55.6 cm³/mol. The maximum atomic E-state index is 11.5. The summed E-state index contributed by atoms with van der Waals surface area (Å²) in [5.74, 6) is 0. The average Bonchev–Trinajstić information content (AvgIpc) is 2.74. The summed E-state index contributed by atoms with van der Waals surface area (Å²) in [6, 6.07) is 3.39. The SMILES string of the molecule is Cc1ccc(NC(=O)n2ccnc2)cn1. The summed E-state index contributed by atoms with van der Waals surface area (Å²) in [5.41, 5.74) is 1.58. The van der Waals surface area contributed by atoms with Crippen molar-refractivity contribution >= 4 is 11.7 Å². The van der Waals surface area contributed by atoms with Crippen LogP contribution in [0.1, 0.15) is 5.69 Å². The van der Waals surface area contributed by atoms with Gasteiger partial charge >= 0.3 is 6.03 Å². The van der Waals surface area contributed by atoms with E-state index in [-0.39, 0.29) is 6.03 Å². The van der Waals surface area contributed by atoms with Crippen molar-refractivity contribution in [3.8, 4) is 0 Å². The van der Waals surface area contributed by atoms with Gasteiger partial charge in [-0.15, -0.1) is 0 Å². The van der Waals surface area contributed by atoms with E-state index in [4.69, 9.17) is 0 Å². The van der Waals surface area contributed by atoms with Gasteiger partial charge in [0.15, 0.2) is 0 Å². The number of hydrogen-bond donors (Lipinski definition) is 1. The smallest absolute Gasteiger partial charge is 0.306 e. The molecule has 5 nitrogen and oxygen atoms in total. The molecule has 2 aromatic rings. The van der Waals surface area contributed by atoms with E-state index in [9.17, 15) is 4.79 Å². The zero-order valence-corrected chi connectivity index (χ0v) is 8.21. The molecule has 0 aromatic carbocycles. The van der Waals surface area contributed by atoms with Gasteiger partial charge in [-0.05, 0) is 19.1 Å². The number of aryl methyl sites for hydroxylation is 1. The summed E-state index contributed by atoms with van der Waals surface area (Å²) in [6.07, 6.45) is 6.19. The van der Waals surface area contributed by atoms with Gasteiger partial charge in [0.1, 0.15) is 6.33 Å². The molecule has 2 rings (SSSR count). The molecule has 0 fully saturated rings. The second-order valence-electron chi connectivity index (χ2n) is 3.09. The highest BCUT2D eigenvalue weighted by atomic mass is 16.2. The molecule has 0 radical (unpaired) electrons. The third kappa shape index (κ3) is 2.19. The quantitative estimate of drug-likeness (QED) is 0.765. The summed E-state index contributed by atoms with van der Waals surface area (Å²) < 4.78 is 1.36. The van der Waals surface area contributed by atoms with Crippen molar-refractivity contribution in [3.63, 3.8) is 0 Å². The summed E-state index contributed by atoms with van der Waals surface area (Å²) in [4.78, 5) is 19.4. The standard InChI is InChI=1S/C10H10N4O/c1-8-2-3-9(6-12-8)13-10(15)14-5-4-11-7-14/h2-7H,1H3,(H,13,15). The van der Waals surface area contributed by atoms with E-state index in [0.29, 0.717) is 5.69 Å².